The standard InChI is InChI=1S/C12H13BrFN3O/c1-3-10(15-2)12-16-11(17-18-12)8-6-7(14)4-5-9(8)13/h4-6,10,15H,3H2,1-2H3. The van der Waals surface area contributed by atoms with Crippen molar-refractivity contribution in [3.63, 3.8) is 0 Å². The third-order valence-electron chi connectivity index (χ3n) is 2.67. The zero-order chi connectivity index (χ0) is 13.1. The lowest BCUT2D eigenvalue weighted by molar-refractivity contribution is 0.334. The molecule has 1 aromatic heterocycles. The van der Waals surface area contributed by atoms with Crippen LogP contribution in [0.3, 0.4) is 0 Å². The van der Waals surface area contributed by atoms with Gasteiger partial charge in [0.1, 0.15) is 5.82 Å². The number of rotatable bonds is 4. The SMILES string of the molecule is CCC(NC)c1nc(-c2cc(F)ccc2Br)no1. The van der Waals surface area contributed by atoms with Crippen LogP contribution in [0.5, 0.6) is 0 Å². The van der Waals surface area contributed by atoms with Crippen LogP contribution in [0, 0.1) is 5.82 Å². The van der Waals surface area contributed by atoms with Crippen LogP contribution in [-0.2, 0) is 0 Å². The lowest BCUT2D eigenvalue weighted by atomic mass is 10.2. The van der Waals surface area contributed by atoms with Crippen LogP contribution >= 0.6 is 15.9 Å². The van der Waals surface area contributed by atoms with E-state index in [1.165, 1.54) is 12.1 Å². The Balaban J connectivity index is 2.37. The van der Waals surface area contributed by atoms with Crippen molar-refractivity contribution in [1.82, 2.24) is 15.5 Å². The van der Waals surface area contributed by atoms with Crippen LogP contribution in [0.2, 0.25) is 0 Å². The van der Waals surface area contributed by atoms with Crippen LogP contribution in [-0.4, -0.2) is 17.2 Å². The van der Waals surface area contributed by atoms with Crippen molar-refractivity contribution in [1.29, 1.82) is 0 Å². The molecule has 0 aliphatic carbocycles. The minimum absolute atomic E-state index is 0.0126. The molecule has 96 valence electrons. The highest BCUT2D eigenvalue weighted by Crippen LogP contribution is 2.27. The predicted octanol–water partition coefficient (Wildman–Crippen LogP) is 3.31. The summed E-state index contributed by atoms with van der Waals surface area (Å²) >= 11 is 3.34. The molecule has 0 saturated heterocycles. The zero-order valence-corrected chi connectivity index (χ0v) is 11.7. The van der Waals surface area contributed by atoms with Crippen molar-refractivity contribution in [2.24, 2.45) is 0 Å². The van der Waals surface area contributed by atoms with E-state index in [2.05, 4.69) is 31.4 Å². The topological polar surface area (TPSA) is 51.0 Å². The third kappa shape index (κ3) is 2.59. The van der Waals surface area contributed by atoms with E-state index in [1.807, 2.05) is 14.0 Å². The molecule has 2 aromatic rings. The number of nitrogens with zero attached hydrogens (tertiary/aromatic N) is 2. The monoisotopic (exact) mass is 313 g/mol. The van der Waals surface area contributed by atoms with Crippen molar-refractivity contribution >= 4 is 15.9 Å². The van der Waals surface area contributed by atoms with Crippen molar-refractivity contribution < 1.29 is 8.91 Å². The van der Waals surface area contributed by atoms with E-state index in [1.54, 1.807) is 6.07 Å². The van der Waals surface area contributed by atoms with Crippen molar-refractivity contribution in [3.8, 4) is 11.4 Å². The summed E-state index contributed by atoms with van der Waals surface area (Å²) in [6.45, 7) is 2.02. The fourth-order valence-corrected chi connectivity index (χ4v) is 2.08. The van der Waals surface area contributed by atoms with E-state index in [0.717, 1.165) is 10.9 Å². The zero-order valence-electron chi connectivity index (χ0n) is 10.1. The van der Waals surface area contributed by atoms with Crippen LogP contribution in [0.15, 0.2) is 27.2 Å². The van der Waals surface area contributed by atoms with Gasteiger partial charge in [-0.05, 0) is 31.7 Å². The van der Waals surface area contributed by atoms with E-state index in [4.69, 9.17) is 4.52 Å². The molecule has 1 heterocycles. The average Bonchev–Trinajstić information content (AvgIpc) is 2.83. The van der Waals surface area contributed by atoms with Gasteiger partial charge in [-0.25, -0.2) is 4.39 Å². The molecule has 0 amide bonds. The molecule has 0 radical (unpaired) electrons. The van der Waals surface area contributed by atoms with Crippen LogP contribution < -0.4 is 5.32 Å². The Kier molecular flexibility index (Phi) is 4.08. The summed E-state index contributed by atoms with van der Waals surface area (Å²) in [5.74, 6) is 0.552. The molecule has 0 fully saturated rings. The Bertz CT molecular complexity index is 540. The van der Waals surface area contributed by atoms with Gasteiger partial charge < -0.3 is 9.84 Å². The Morgan fingerprint density at radius 1 is 1.50 bits per heavy atom. The molecule has 0 aliphatic rings. The highest BCUT2D eigenvalue weighted by Gasteiger charge is 2.17. The summed E-state index contributed by atoms with van der Waals surface area (Å²) < 4.78 is 19.1. The van der Waals surface area contributed by atoms with Gasteiger partial charge >= 0.3 is 0 Å². The first-order valence-corrected chi connectivity index (χ1v) is 6.41. The summed E-state index contributed by atoms with van der Waals surface area (Å²) in [4.78, 5) is 4.29. The number of halogens is 2. The fourth-order valence-electron chi connectivity index (χ4n) is 1.66. The molecule has 0 spiro atoms. The summed E-state index contributed by atoms with van der Waals surface area (Å²) in [5.41, 5.74) is 0.580. The molecule has 2 rings (SSSR count). The molecule has 18 heavy (non-hydrogen) atoms. The lowest BCUT2D eigenvalue weighted by Gasteiger charge is -2.06. The molecule has 0 aliphatic heterocycles. The van der Waals surface area contributed by atoms with Gasteiger partial charge in [0.05, 0.1) is 6.04 Å². The first-order chi connectivity index (χ1) is 8.65. The van der Waals surface area contributed by atoms with Gasteiger partial charge in [0.25, 0.3) is 0 Å². The second-order valence-electron chi connectivity index (χ2n) is 3.83. The van der Waals surface area contributed by atoms with Gasteiger partial charge in [-0.2, -0.15) is 4.98 Å². The van der Waals surface area contributed by atoms with Crippen LogP contribution in [0.4, 0.5) is 4.39 Å². The molecule has 6 heteroatoms. The smallest absolute Gasteiger partial charge is 0.244 e. The quantitative estimate of drug-likeness (QED) is 0.941. The highest BCUT2D eigenvalue weighted by molar-refractivity contribution is 9.10. The Hall–Kier alpha value is -1.27. The first-order valence-electron chi connectivity index (χ1n) is 5.62. The predicted molar refractivity (Wildman–Crippen MR) is 69.5 cm³/mol. The maximum atomic E-state index is 13.2. The first kappa shape index (κ1) is 13.2. The molecular formula is C12H13BrFN3O. The normalized spacial score (nSPS) is 12.7. The van der Waals surface area contributed by atoms with E-state index in [0.29, 0.717) is 17.3 Å². The summed E-state index contributed by atoms with van der Waals surface area (Å²) in [6, 6.07) is 4.38. The molecule has 1 unspecified atom stereocenters. The van der Waals surface area contributed by atoms with Gasteiger partial charge in [-0.15, -0.1) is 0 Å². The van der Waals surface area contributed by atoms with E-state index >= 15 is 0 Å². The Labute approximate surface area is 113 Å². The highest BCUT2D eigenvalue weighted by atomic mass is 79.9. The second-order valence-corrected chi connectivity index (χ2v) is 4.68. The van der Waals surface area contributed by atoms with Crippen LogP contribution in [0.1, 0.15) is 25.3 Å². The van der Waals surface area contributed by atoms with Crippen LogP contribution in [0.25, 0.3) is 11.4 Å². The summed E-state index contributed by atoms with van der Waals surface area (Å²) in [5, 5.41) is 6.96. The minimum Gasteiger partial charge on any atom is -0.337 e. The van der Waals surface area contributed by atoms with E-state index in [-0.39, 0.29) is 11.9 Å². The number of hydrogen-bond acceptors (Lipinski definition) is 4. The Morgan fingerprint density at radius 3 is 2.94 bits per heavy atom. The fraction of sp³-hybridized carbons (Fsp3) is 0.333. The lowest BCUT2D eigenvalue weighted by Crippen LogP contribution is -2.15. The number of aromatic nitrogens is 2. The number of benzene rings is 1. The second kappa shape index (κ2) is 5.58. The van der Waals surface area contributed by atoms with Gasteiger partial charge in [-0.1, -0.05) is 28.0 Å². The van der Waals surface area contributed by atoms with Gasteiger partial charge in [0, 0.05) is 10.0 Å². The summed E-state index contributed by atoms with van der Waals surface area (Å²) in [7, 11) is 1.83. The average molecular weight is 314 g/mol. The number of nitrogens with one attached hydrogen (secondary N) is 1. The molecule has 1 N–H and O–H groups in total. The molecule has 1 aromatic carbocycles. The molecule has 0 bridgehead atoms. The minimum atomic E-state index is -0.333. The van der Waals surface area contributed by atoms with E-state index < -0.39 is 0 Å². The Morgan fingerprint density at radius 2 is 2.28 bits per heavy atom. The van der Waals surface area contributed by atoms with Crippen molar-refractivity contribution in [2.75, 3.05) is 7.05 Å². The molecule has 4 nitrogen and oxygen atoms in total. The maximum absolute atomic E-state index is 13.2. The number of hydrogen-bond donors (Lipinski definition) is 1. The van der Waals surface area contributed by atoms with Crippen molar-refractivity contribution in [2.45, 2.75) is 19.4 Å². The van der Waals surface area contributed by atoms with Crippen molar-refractivity contribution in [3.05, 3.63) is 34.4 Å². The third-order valence-corrected chi connectivity index (χ3v) is 3.36. The largest absolute Gasteiger partial charge is 0.337 e. The van der Waals surface area contributed by atoms with Gasteiger partial charge in [0.15, 0.2) is 0 Å². The van der Waals surface area contributed by atoms with Gasteiger partial charge in [0.2, 0.25) is 11.7 Å². The summed E-state index contributed by atoms with van der Waals surface area (Å²) in [6.07, 6.45) is 0.836. The molecular weight excluding hydrogens is 301 g/mol. The van der Waals surface area contributed by atoms with E-state index in [9.17, 15) is 4.39 Å². The molecule has 1 atom stereocenters. The molecule has 0 saturated carbocycles. The maximum Gasteiger partial charge on any atom is 0.244 e. The van der Waals surface area contributed by atoms with Gasteiger partial charge in [-0.3, -0.25) is 0 Å².